The summed E-state index contributed by atoms with van der Waals surface area (Å²) in [4.78, 5) is 58.8. The van der Waals surface area contributed by atoms with Crippen LogP contribution in [0.25, 0.3) is 0 Å². The number of likely N-dealkylation sites (N-methyl/N-ethyl adjacent to an activating group) is 1. The lowest BCUT2D eigenvalue weighted by Gasteiger charge is -2.26. The molecule has 3 N–H and O–H groups in total. The van der Waals surface area contributed by atoms with E-state index in [0.29, 0.717) is 60.9 Å². The van der Waals surface area contributed by atoms with E-state index in [9.17, 15) is 28.5 Å². The second-order valence-electron chi connectivity index (χ2n) is 17.9. The first-order chi connectivity index (χ1) is 36.2. The number of rotatable bonds is 18. The number of carbonyl (C=O) groups is 5. The SMILES string of the molecule is CC.CCC(=O)NC(CS)C(=O)CC.CCC1=CN(CC)NN1.CCCC(=O)c1ccc(CC)cc1P(=O)(c1ccccc1)c1ccccc1.CCN1N=NC2CCCCCCC21.CCSC1CC(=O)N(CC)C1=O. The predicted octanol–water partition coefficient (Wildman–Crippen LogP) is 10.9. The number of allylic oxidation sites excluding steroid dienone is 1. The van der Waals surface area contributed by atoms with Crippen molar-refractivity contribution < 1.29 is 28.5 Å². The third-order valence-electron chi connectivity index (χ3n) is 12.9. The van der Waals surface area contributed by atoms with Crippen molar-refractivity contribution in [1.29, 1.82) is 0 Å². The van der Waals surface area contributed by atoms with Gasteiger partial charge in [-0.15, -0.1) is 17.3 Å². The molecule has 0 bridgehead atoms. The average Bonchev–Trinajstić information content (AvgIpc) is 4.16. The number of nitrogens with zero attached hydrogens (tertiary/aromatic N) is 5. The van der Waals surface area contributed by atoms with Gasteiger partial charge in [-0.2, -0.15) is 17.7 Å². The summed E-state index contributed by atoms with van der Waals surface area (Å²) < 4.78 is 14.7. The highest BCUT2D eigenvalue weighted by molar-refractivity contribution is 8.00. The number of benzene rings is 3. The number of thiol groups is 1. The maximum atomic E-state index is 14.7. The van der Waals surface area contributed by atoms with E-state index in [0.717, 1.165) is 54.3 Å². The van der Waals surface area contributed by atoms with Gasteiger partial charge in [0.15, 0.2) is 18.7 Å². The zero-order valence-electron chi connectivity index (χ0n) is 47.1. The predicted molar refractivity (Wildman–Crippen MR) is 316 cm³/mol. The van der Waals surface area contributed by atoms with Crippen LogP contribution in [0.1, 0.15) is 169 Å². The van der Waals surface area contributed by atoms with Gasteiger partial charge in [0.05, 0.1) is 23.4 Å². The fourth-order valence-corrected chi connectivity index (χ4v) is 12.8. The molecule has 0 aromatic heterocycles. The zero-order valence-corrected chi connectivity index (χ0v) is 49.7. The van der Waals surface area contributed by atoms with E-state index in [1.165, 1.54) is 49.1 Å². The number of hydrogen-bond donors (Lipinski definition) is 4. The number of likely N-dealkylation sites (tertiary alicyclic amines) is 1. The molecule has 3 aromatic rings. The fraction of sp³-hybridized carbons (Fsp3) is 0.569. The van der Waals surface area contributed by atoms with Crippen LogP contribution in [-0.2, 0) is 30.2 Å². The smallest absolute Gasteiger partial charge is 0.242 e. The summed E-state index contributed by atoms with van der Waals surface area (Å²) in [5.41, 5.74) is 8.97. The van der Waals surface area contributed by atoms with Gasteiger partial charge in [0, 0.05) is 84.4 Å². The summed E-state index contributed by atoms with van der Waals surface area (Å²) in [5, 5.41) is 17.5. The number of thioether (sulfide) groups is 1. The van der Waals surface area contributed by atoms with E-state index in [-0.39, 0.29) is 34.5 Å². The van der Waals surface area contributed by atoms with E-state index in [1.54, 1.807) is 25.6 Å². The molecule has 1 saturated carbocycles. The van der Waals surface area contributed by atoms with Crippen molar-refractivity contribution in [3.63, 3.8) is 0 Å². The van der Waals surface area contributed by atoms with E-state index >= 15 is 0 Å². The molecule has 75 heavy (non-hydrogen) atoms. The third kappa shape index (κ3) is 20.6. The maximum absolute atomic E-state index is 14.7. The fourth-order valence-electron chi connectivity index (χ4n) is 8.62. The van der Waals surface area contributed by atoms with Crippen molar-refractivity contribution in [2.45, 2.75) is 183 Å². The topological polar surface area (TPSA) is 173 Å². The van der Waals surface area contributed by atoms with Gasteiger partial charge in [-0.1, -0.05) is 159 Å². The third-order valence-corrected chi connectivity index (χ3v) is 17.5. The molecule has 3 aliphatic heterocycles. The summed E-state index contributed by atoms with van der Waals surface area (Å²) in [6.07, 6.45) is 14.5. The van der Waals surface area contributed by atoms with Crippen molar-refractivity contribution in [2.24, 2.45) is 10.3 Å². The molecule has 3 aromatic carbocycles. The highest BCUT2D eigenvalue weighted by atomic mass is 32.2. The number of nitrogens with one attached hydrogen (secondary N) is 3. The number of hydrazine groups is 2. The van der Waals surface area contributed by atoms with E-state index in [4.69, 9.17) is 0 Å². The lowest BCUT2D eigenvalue weighted by Crippen LogP contribution is -2.41. The van der Waals surface area contributed by atoms with Crippen molar-refractivity contribution in [1.82, 2.24) is 31.2 Å². The number of fused-ring (bicyclic) bond motifs is 1. The Morgan fingerprint density at radius 1 is 0.800 bits per heavy atom. The van der Waals surface area contributed by atoms with Gasteiger partial charge in [-0.3, -0.25) is 38.9 Å². The summed E-state index contributed by atoms with van der Waals surface area (Å²) >= 11 is 5.54. The molecule has 4 atom stereocenters. The molecule has 14 nitrogen and oxygen atoms in total. The number of aryl methyl sites for hydroxylation is 1. The normalized spacial score (nSPS) is 17.9. The van der Waals surface area contributed by atoms with Crippen LogP contribution in [0, 0.1) is 0 Å². The molecule has 17 heteroatoms. The second kappa shape index (κ2) is 37.1. The Hall–Kier alpha value is -4.76. The largest absolute Gasteiger partial charge is 0.345 e. The van der Waals surface area contributed by atoms with Crippen LogP contribution in [0.3, 0.4) is 0 Å². The van der Waals surface area contributed by atoms with Crippen LogP contribution in [0.4, 0.5) is 0 Å². The van der Waals surface area contributed by atoms with Crippen molar-refractivity contribution in [2.75, 3.05) is 31.1 Å². The Bertz CT molecular complexity index is 2240. The molecule has 2 fully saturated rings. The molecule has 1 aliphatic carbocycles. The van der Waals surface area contributed by atoms with E-state index in [1.807, 2.05) is 118 Å². The molecule has 4 aliphatic rings. The van der Waals surface area contributed by atoms with Gasteiger partial charge in [0.1, 0.15) is 0 Å². The lowest BCUT2D eigenvalue weighted by molar-refractivity contribution is -0.138. The maximum Gasteiger partial charge on any atom is 0.242 e. The molecule has 4 unspecified atom stereocenters. The van der Waals surface area contributed by atoms with Crippen LogP contribution in [-0.4, -0.2) is 98.7 Å². The zero-order chi connectivity index (χ0) is 55.8. The van der Waals surface area contributed by atoms with Gasteiger partial charge in [0.2, 0.25) is 17.7 Å². The first-order valence-corrected chi connectivity index (χ1v) is 31.1. The van der Waals surface area contributed by atoms with Crippen molar-refractivity contribution in [3.05, 3.63) is 102 Å². The monoisotopic (exact) mass is 1090 g/mol. The molecule has 0 radical (unpaired) electrons. The van der Waals surface area contributed by atoms with Crippen LogP contribution >= 0.6 is 31.5 Å². The van der Waals surface area contributed by atoms with Crippen molar-refractivity contribution >= 4 is 76.7 Å². The van der Waals surface area contributed by atoms with E-state index in [2.05, 4.69) is 78.1 Å². The van der Waals surface area contributed by atoms with Gasteiger partial charge >= 0.3 is 0 Å². The van der Waals surface area contributed by atoms with Gasteiger partial charge in [-0.05, 0) is 70.3 Å². The molecular weight excluding hydrogens is 1000 g/mol. The summed E-state index contributed by atoms with van der Waals surface area (Å²) in [7, 11) is -3.15. The Morgan fingerprint density at radius 3 is 1.89 bits per heavy atom. The number of imide groups is 1. The standard InChI is InChI=1S/C24H25O2P.C10H19N3.C8H13NO2S.C8H15NO2S.C6H13N3.C2H6/c1-3-11-23(25)22-17-16-19(4-2)18-24(22)27(26,20-12-7-5-8-13-20)21-14-9-6-10-15-21;1-2-13-10-8-6-4-3-5-7-9(10)11-12-13;1-3-9-7(10)5-6(8(9)11)12-4-2;1-3-7(10)6(5-12)9-8(11)4-2;1-3-6-5-9(4-2)8-7-6;1-2/h5-10,12-18H,3-4,11H2,1-2H3;9-10H,2-8H2,1H3;6H,3-5H2,1-2H3;6,12H,3-5H2,1-2H3,(H,9,11);5,7-8H,3-4H2,1-2H3;1-2H3. The second-order valence-corrected chi connectivity index (χ2v) is 22.5. The highest BCUT2D eigenvalue weighted by Crippen LogP contribution is 2.44. The molecule has 3 amide bonds. The van der Waals surface area contributed by atoms with Gasteiger partial charge in [-0.25, -0.2) is 0 Å². The summed E-state index contributed by atoms with van der Waals surface area (Å²) in [5.74, 6) is 1.23. The highest BCUT2D eigenvalue weighted by Gasteiger charge is 2.37. The minimum atomic E-state index is -3.15. The van der Waals surface area contributed by atoms with Crippen LogP contribution in [0.15, 0.2) is 101 Å². The number of carbonyl (C=O) groups excluding carboxylic acids is 5. The number of Topliss-reactive ketones (excluding diaryl/α,β-unsaturated/α-hetero) is 2. The van der Waals surface area contributed by atoms with E-state index < -0.39 is 13.2 Å². The number of hydrogen-bond acceptors (Lipinski definition) is 14. The summed E-state index contributed by atoms with van der Waals surface area (Å²) in [6, 6.07) is 25.6. The van der Waals surface area contributed by atoms with Crippen LogP contribution in [0.5, 0.6) is 0 Å². The lowest BCUT2D eigenvalue weighted by atomic mass is 9.93. The summed E-state index contributed by atoms with van der Waals surface area (Å²) in [6.45, 7) is 24.3. The van der Waals surface area contributed by atoms with Crippen molar-refractivity contribution in [3.8, 4) is 0 Å². The first kappa shape index (κ1) is 66.4. The number of amides is 3. The number of ketones is 2. The van der Waals surface area contributed by atoms with Gasteiger partial charge in [0.25, 0.3) is 0 Å². The Balaban J connectivity index is 0.000000341. The van der Waals surface area contributed by atoms with Crippen LogP contribution < -0.4 is 32.2 Å². The quantitative estimate of drug-likeness (QED) is 0.0413. The minimum Gasteiger partial charge on any atom is -0.345 e. The first-order valence-electron chi connectivity index (χ1n) is 27.7. The molecular formula is C58H91N8O6PS2. The van der Waals surface area contributed by atoms with Crippen LogP contribution in [0.2, 0.25) is 0 Å². The molecule has 7 rings (SSSR count). The Labute approximate surface area is 460 Å². The van der Waals surface area contributed by atoms with Gasteiger partial charge < -0.3 is 15.3 Å². The molecule has 3 heterocycles. The average molecular weight is 1090 g/mol. The minimum absolute atomic E-state index is 0.00523. The Kier molecular flexibility index (Phi) is 32.8. The molecule has 0 spiro atoms. The Morgan fingerprint density at radius 2 is 1.43 bits per heavy atom. The molecule has 1 saturated heterocycles. The molecule has 416 valence electrons.